The Hall–Kier alpha value is -1.46. The minimum atomic E-state index is 0.614. The first-order chi connectivity index (χ1) is 8.33. The second-order valence-corrected chi connectivity index (χ2v) is 4.76. The Morgan fingerprint density at radius 1 is 1.24 bits per heavy atom. The van der Waals surface area contributed by atoms with Gasteiger partial charge in [-0.25, -0.2) is 0 Å². The van der Waals surface area contributed by atoms with Gasteiger partial charge in [-0.2, -0.15) is 0 Å². The van der Waals surface area contributed by atoms with Crippen molar-refractivity contribution in [3.63, 3.8) is 0 Å². The van der Waals surface area contributed by atoms with Crippen LogP contribution in [0.2, 0.25) is 0 Å². The zero-order valence-corrected chi connectivity index (χ0v) is 10.5. The van der Waals surface area contributed by atoms with Crippen molar-refractivity contribution < 1.29 is 4.74 Å². The molecule has 0 fully saturated rings. The van der Waals surface area contributed by atoms with E-state index in [0.29, 0.717) is 6.54 Å². The number of hydrogen-bond acceptors (Lipinski definition) is 5. The second kappa shape index (κ2) is 5.75. The number of methoxy groups -OCH3 is 1. The lowest BCUT2D eigenvalue weighted by Gasteiger charge is -2.05. The largest absolute Gasteiger partial charge is 0.496 e. The molecule has 17 heavy (non-hydrogen) atoms. The first-order valence-electron chi connectivity index (χ1n) is 5.46. The first-order valence-corrected chi connectivity index (χ1v) is 6.28. The zero-order valence-electron chi connectivity index (χ0n) is 9.72. The molecule has 5 heteroatoms. The van der Waals surface area contributed by atoms with Gasteiger partial charge in [-0.3, -0.25) is 0 Å². The van der Waals surface area contributed by atoms with Gasteiger partial charge in [0.2, 0.25) is 0 Å². The SMILES string of the molecule is COc1ccccc1Cc1nnc(CCN)s1. The molecule has 0 radical (unpaired) electrons. The van der Waals surface area contributed by atoms with Gasteiger partial charge >= 0.3 is 0 Å². The van der Waals surface area contributed by atoms with Crippen LogP contribution < -0.4 is 10.5 Å². The summed E-state index contributed by atoms with van der Waals surface area (Å²) < 4.78 is 5.31. The van der Waals surface area contributed by atoms with Gasteiger partial charge in [-0.05, 0) is 12.6 Å². The molecule has 0 saturated carbocycles. The number of para-hydroxylation sites is 1. The average Bonchev–Trinajstić information content (AvgIpc) is 2.78. The van der Waals surface area contributed by atoms with Gasteiger partial charge < -0.3 is 10.5 Å². The van der Waals surface area contributed by atoms with Crippen molar-refractivity contribution in [2.45, 2.75) is 12.8 Å². The Kier molecular flexibility index (Phi) is 4.06. The lowest BCUT2D eigenvalue weighted by molar-refractivity contribution is 0.410. The summed E-state index contributed by atoms with van der Waals surface area (Å²) in [5.74, 6) is 0.892. The maximum atomic E-state index is 5.49. The second-order valence-electron chi connectivity index (χ2n) is 3.62. The van der Waals surface area contributed by atoms with Crippen molar-refractivity contribution in [3.8, 4) is 5.75 Å². The third-order valence-corrected chi connectivity index (χ3v) is 3.38. The van der Waals surface area contributed by atoms with Gasteiger partial charge in [0.15, 0.2) is 0 Å². The van der Waals surface area contributed by atoms with E-state index < -0.39 is 0 Å². The maximum Gasteiger partial charge on any atom is 0.122 e. The fraction of sp³-hybridized carbons (Fsp3) is 0.333. The van der Waals surface area contributed by atoms with Crippen LogP contribution in [0, 0.1) is 0 Å². The molecule has 1 aromatic heterocycles. The monoisotopic (exact) mass is 249 g/mol. The molecule has 4 nitrogen and oxygen atoms in total. The predicted molar refractivity (Wildman–Crippen MR) is 68.5 cm³/mol. The van der Waals surface area contributed by atoms with Crippen molar-refractivity contribution in [2.24, 2.45) is 5.73 Å². The summed E-state index contributed by atoms with van der Waals surface area (Å²) in [6.07, 6.45) is 1.55. The topological polar surface area (TPSA) is 61.0 Å². The normalized spacial score (nSPS) is 10.5. The molecule has 0 aliphatic rings. The molecule has 2 aromatic rings. The molecule has 2 N–H and O–H groups in total. The minimum Gasteiger partial charge on any atom is -0.496 e. The molecule has 0 bridgehead atoms. The molecule has 0 unspecified atom stereocenters. The van der Waals surface area contributed by atoms with E-state index in [0.717, 1.165) is 34.2 Å². The van der Waals surface area contributed by atoms with E-state index >= 15 is 0 Å². The number of ether oxygens (including phenoxy) is 1. The molecule has 0 spiro atoms. The van der Waals surface area contributed by atoms with Crippen molar-refractivity contribution in [1.82, 2.24) is 10.2 Å². The Morgan fingerprint density at radius 3 is 2.76 bits per heavy atom. The number of aromatic nitrogens is 2. The summed E-state index contributed by atoms with van der Waals surface area (Å²) >= 11 is 1.61. The first kappa shape index (κ1) is 12.0. The quantitative estimate of drug-likeness (QED) is 0.875. The number of nitrogens with zero attached hydrogens (tertiary/aromatic N) is 2. The fourth-order valence-corrected chi connectivity index (χ4v) is 2.48. The summed E-state index contributed by atoms with van der Waals surface area (Å²) in [5.41, 5.74) is 6.62. The Balaban J connectivity index is 2.13. The molecule has 2 rings (SSSR count). The van der Waals surface area contributed by atoms with Crippen LogP contribution in [0.3, 0.4) is 0 Å². The number of hydrogen-bond donors (Lipinski definition) is 1. The Morgan fingerprint density at radius 2 is 2.00 bits per heavy atom. The highest BCUT2D eigenvalue weighted by atomic mass is 32.1. The molecule has 0 aliphatic carbocycles. The third-order valence-electron chi connectivity index (χ3n) is 2.40. The zero-order chi connectivity index (χ0) is 12.1. The molecule has 0 atom stereocenters. The molecule has 0 amide bonds. The van der Waals surface area contributed by atoms with E-state index in [-0.39, 0.29) is 0 Å². The fourth-order valence-electron chi connectivity index (χ4n) is 1.60. The summed E-state index contributed by atoms with van der Waals surface area (Å²) in [5, 5.41) is 10.3. The van der Waals surface area contributed by atoms with Crippen LogP contribution in [-0.4, -0.2) is 23.9 Å². The highest BCUT2D eigenvalue weighted by molar-refractivity contribution is 7.11. The van der Waals surface area contributed by atoms with Crippen LogP contribution in [0.5, 0.6) is 5.75 Å². The van der Waals surface area contributed by atoms with E-state index in [2.05, 4.69) is 10.2 Å². The van der Waals surface area contributed by atoms with Crippen LogP contribution in [-0.2, 0) is 12.8 Å². The van der Waals surface area contributed by atoms with Gasteiger partial charge in [0.1, 0.15) is 15.8 Å². The van der Waals surface area contributed by atoms with Crippen molar-refractivity contribution in [1.29, 1.82) is 0 Å². The lowest BCUT2D eigenvalue weighted by atomic mass is 10.1. The Labute approximate surface area is 104 Å². The van der Waals surface area contributed by atoms with Gasteiger partial charge in [0.25, 0.3) is 0 Å². The molecule has 1 aromatic carbocycles. The molecule has 1 heterocycles. The van der Waals surface area contributed by atoms with E-state index in [1.54, 1.807) is 18.4 Å². The van der Waals surface area contributed by atoms with Crippen molar-refractivity contribution in [3.05, 3.63) is 39.8 Å². The van der Waals surface area contributed by atoms with Crippen LogP contribution in [0.1, 0.15) is 15.6 Å². The number of nitrogens with two attached hydrogens (primary N) is 1. The molecule has 0 saturated heterocycles. The highest BCUT2D eigenvalue weighted by Crippen LogP contribution is 2.22. The average molecular weight is 249 g/mol. The third kappa shape index (κ3) is 3.01. The van der Waals surface area contributed by atoms with E-state index in [1.807, 2.05) is 24.3 Å². The van der Waals surface area contributed by atoms with Gasteiger partial charge in [-0.1, -0.05) is 18.2 Å². The maximum absolute atomic E-state index is 5.49. The van der Waals surface area contributed by atoms with E-state index in [4.69, 9.17) is 10.5 Å². The van der Waals surface area contributed by atoms with Crippen LogP contribution in [0.25, 0.3) is 0 Å². The summed E-state index contributed by atoms with van der Waals surface area (Å²) in [7, 11) is 1.68. The summed E-state index contributed by atoms with van der Waals surface area (Å²) in [6, 6.07) is 7.96. The van der Waals surface area contributed by atoms with Gasteiger partial charge in [0, 0.05) is 18.4 Å². The molecule has 90 valence electrons. The van der Waals surface area contributed by atoms with Crippen molar-refractivity contribution >= 4 is 11.3 Å². The minimum absolute atomic E-state index is 0.614. The standard InChI is InChI=1S/C12H15N3OS/c1-16-10-5-3-2-4-9(10)8-12-15-14-11(17-12)6-7-13/h2-5H,6-8,13H2,1H3. The molecular weight excluding hydrogens is 234 g/mol. The van der Waals surface area contributed by atoms with Crippen LogP contribution in [0.4, 0.5) is 0 Å². The molecule has 0 aliphatic heterocycles. The van der Waals surface area contributed by atoms with E-state index in [9.17, 15) is 0 Å². The predicted octanol–water partition coefficient (Wildman–Crippen LogP) is 1.64. The lowest BCUT2D eigenvalue weighted by Crippen LogP contribution is -2.01. The smallest absolute Gasteiger partial charge is 0.122 e. The van der Waals surface area contributed by atoms with Crippen LogP contribution in [0.15, 0.2) is 24.3 Å². The van der Waals surface area contributed by atoms with Crippen molar-refractivity contribution in [2.75, 3.05) is 13.7 Å². The molecular formula is C12H15N3OS. The Bertz CT molecular complexity index is 484. The number of rotatable bonds is 5. The van der Waals surface area contributed by atoms with Gasteiger partial charge in [0.05, 0.1) is 7.11 Å². The van der Waals surface area contributed by atoms with Gasteiger partial charge in [-0.15, -0.1) is 21.5 Å². The number of benzene rings is 1. The summed E-state index contributed by atoms with van der Waals surface area (Å²) in [4.78, 5) is 0. The van der Waals surface area contributed by atoms with Crippen LogP contribution >= 0.6 is 11.3 Å². The highest BCUT2D eigenvalue weighted by Gasteiger charge is 2.07. The van der Waals surface area contributed by atoms with E-state index in [1.165, 1.54) is 0 Å². The summed E-state index contributed by atoms with van der Waals surface area (Å²) in [6.45, 7) is 0.614.